The lowest BCUT2D eigenvalue weighted by atomic mass is 10.2. The van der Waals surface area contributed by atoms with Crippen molar-refractivity contribution in [2.75, 3.05) is 5.73 Å². The number of aryl methyl sites for hydroxylation is 1. The number of esters is 1. The molecule has 6 nitrogen and oxygen atoms in total. The smallest absolute Gasteiger partial charge is 0.340 e. The zero-order valence-electron chi connectivity index (χ0n) is 10.0. The Hall–Kier alpha value is -2.37. The average molecular weight is 246 g/mol. The van der Waals surface area contributed by atoms with Gasteiger partial charge in [0.2, 0.25) is 0 Å². The molecule has 0 bridgehead atoms. The molecule has 0 fully saturated rings. The lowest BCUT2D eigenvalue weighted by Gasteiger charge is -2.06. The summed E-state index contributed by atoms with van der Waals surface area (Å²) in [7, 11) is 0. The minimum Gasteiger partial charge on any atom is -0.454 e. The van der Waals surface area contributed by atoms with Crippen molar-refractivity contribution in [3.8, 4) is 0 Å². The van der Waals surface area contributed by atoms with Crippen molar-refractivity contribution in [1.82, 2.24) is 14.8 Å². The van der Waals surface area contributed by atoms with Crippen LogP contribution in [0.5, 0.6) is 0 Å². The van der Waals surface area contributed by atoms with E-state index in [1.165, 1.54) is 6.33 Å². The van der Waals surface area contributed by atoms with Crippen molar-refractivity contribution < 1.29 is 9.53 Å². The molecule has 0 spiro atoms. The molecule has 0 saturated heterocycles. The maximum absolute atomic E-state index is 11.8. The Balaban J connectivity index is 2.03. The fraction of sp³-hybridized carbons (Fsp3) is 0.250. The van der Waals surface area contributed by atoms with E-state index >= 15 is 0 Å². The van der Waals surface area contributed by atoms with Crippen molar-refractivity contribution in [2.24, 2.45) is 0 Å². The van der Waals surface area contributed by atoms with Crippen molar-refractivity contribution >= 4 is 11.7 Å². The van der Waals surface area contributed by atoms with E-state index in [-0.39, 0.29) is 6.61 Å². The van der Waals surface area contributed by atoms with Gasteiger partial charge in [-0.05, 0) is 19.1 Å². The summed E-state index contributed by atoms with van der Waals surface area (Å²) < 4.78 is 6.82. The summed E-state index contributed by atoms with van der Waals surface area (Å²) in [6.45, 7) is 2.70. The van der Waals surface area contributed by atoms with E-state index in [0.29, 0.717) is 23.6 Å². The van der Waals surface area contributed by atoms with E-state index in [2.05, 4.69) is 10.1 Å². The average Bonchev–Trinajstić information content (AvgIpc) is 2.84. The highest BCUT2D eigenvalue weighted by atomic mass is 16.5. The zero-order chi connectivity index (χ0) is 13.0. The Morgan fingerprint density at radius 2 is 2.22 bits per heavy atom. The quantitative estimate of drug-likeness (QED) is 0.648. The maximum atomic E-state index is 11.8. The van der Waals surface area contributed by atoms with Crippen molar-refractivity contribution in [1.29, 1.82) is 0 Å². The normalized spacial score (nSPS) is 10.3. The summed E-state index contributed by atoms with van der Waals surface area (Å²) in [5.41, 5.74) is 6.46. The molecule has 0 aliphatic heterocycles. The van der Waals surface area contributed by atoms with Gasteiger partial charge in [0, 0.05) is 12.2 Å². The topological polar surface area (TPSA) is 83.0 Å². The Kier molecular flexibility index (Phi) is 3.57. The third-order valence-electron chi connectivity index (χ3n) is 2.51. The van der Waals surface area contributed by atoms with Crippen LogP contribution >= 0.6 is 0 Å². The second-order valence-electron chi connectivity index (χ2n) is 3.66. The summed E-state index contributed by atoms with van der Waals surface area (Å²) in [4.78, 5) is 15.8. The third-order valence-corrected chi connectivity index (χ3v) is 2.51. The first-order valence-corrected chi connectivity index (χ1v) is 5.60. The van der Waals surface area contributed by atoms with E-state index in [1.807, 2.05) is 6.92 Å². The number of nitrogen functional groups attached to an aromatic ring is 1. The molecule has 0 aliphatic carbocycles. The van der Waals surface area contributed by atoms with Gasteiger partial charge in [-0.2, -0.15) is 5.10 Å². The van der Waals surface area contributed by atoms with Crippen LogP contribution in [0.4, 0.5) is 5.69 Å². The lowest BCUT2D eigenvalue weighted by Crippen LogP contribution is -2.11. The largest absolute Gasteiger partial charge is 0.454 e. The van der Waals surface area contributed by atoms with E-state index < -0.39 is 5.97 Å². The number of nitrogens with zero attached hydrogens (tertiary/aromatic N) is 3. The Morgan fingerprint density at radius 3 is 2.94 bits per heavy atom. The molecule has 0 radical (unpaired) electrons. The number of rotatable bonds is 4. The van der Waals surface area contributed by atoms with Gasteiger partial charge in [0.05, 0.1) is 5.56 Å². The summed E-state index contributed by atoms with van der Waals surface area (Å²) in [5, 5.41) is 3.99. The molecule has 2 rings (SSSR count). The Bertz CT molecular complexity index is 551. The number of benzene rings is 1. The SMILES string of the molecule is CCn1ncnc1COC(=O)c1ccccc1N. The monoisotopic (exact) mass is 246 g/mol. The van der Waals surface area contributed by atoms with Crippen LogP contribution in [0.25, 0.3) is 0 Å². The molecule has 0 aliphatic rings. The fourth-order valence-electron chi connectivity index (χ4n) is 1.55. The van der Waals surface area contributed by atoms with Crippen molar-refractivity contribution in [3.63, 3.8) is 0 Å². The Morgan fingerprint density at radius 1 is 1.44 bits per heavy atom. The first-order valence-electron chi connectivity index (χ1n) is 5.60. The predicted octanol–water partition coefficient (Wildman–Crippen LogP) is 1.24. The van der Waals surface area contributed by atoms with Gasteiger partial charge in [-0.25, -0.2) is 14.5 Å². The molecule has 0 amide bonds. The first kappa shape index (κ1) is 12.1. The van der Waals surface area contributed by atoms with Crippen LogP contribution in [0, 0.1) is 0 Å². The van der Waals surface area contributed by atoms with Crippen molar-refractivity contribution in [3.05, 3.63) is 42.0 Å². The predicted molar refractivity (Wildman–Crippen MR) is 65.7 cm³/mol. The number of ether oxygens (including phenoxy) is 1. The standard InChI is InChI=1S/C12H14N4O2/c1-2-16-11(14-8-15-16)7-18-12(17)9-5-3-4-6-10(9)13/h3-6,8H,2,7,13H2,1H3. The number of aromatic nitrogens is 3. The van der Waals surface area contributed by atoms with Crippen LogP contribution in [0.3, 0.4) is 0 Å². The lowest BCUT2D eigenvalue weighted by molar-refractivity contribution is 0.0458. The molecule has 0 saturated carbocycles. The van der Waals surface area contributed by atoms with Crippen LogP contribution in [-0.4, -0.2) is 20.7 Å². The summed E-state index contributed by atoms with van der Waals surface area (Å²) in [6, 6.07) is 6.79. The molecule has 2 aromatic rings. The molecule has 18 heavy (non-hydrogen) atoms. The summed E-state index contributed by atoms with van der Waals surface area (Å²) in [6.07, 6.45) is 1.43. The number of hydrogen-bond acceptors (Lipinski definition) is 5. The zero-order valence-corrected chi connectivity index (χ0v) is 10.0. The molecular formula is C12H14N4O2. The van der Waals surface area contributed by atoms with Gasteiger partial charge in [-0.1, -0.05) is 12.1 Å². The number of hydrogen-bond donors (Lipinski definition) is 1. The van der Waals surface area contributed by atoms with Crippen LogP contribution in [0.1, 0.15) is 23.1 Å². The van der Waals surface area contributed by atoms with Crippen LogP contribution in [0.15, 0.2) is 30.6 Å². The van der Waals surface area contributed by atoms with E-state index in [9.17, 15) is 4.79 Å². The number of para-hydroxylation sites is 1. The van der Waals surface area contributed by atoms with E-state index in [1.54, 1.807) is 28.9 Å². The number of nitrogens with two attached hydrogens (primary N) is 1. The van der Waals surface area contributed by atoms with Crippen LogP contribution < -0.4 is 5.73 Å². The number of anilines is 1. The van der Waals surface area contributed by atoms with Gasteiger partial charge in [0.25, 0.3) is 0 Å². The van der Waals surface area contributed by atoms with Crippen LogP contribution in [-0.2, 0) is 17.9 Å². The second kappa shape index (κ2) is 5.31. The minimum absolute atomic E-state index is 0.0843. The van der Waals surface area contributed by atoms with Gasteiger partial charge >= 0.3 is 5.97 Å². The highest BCUT2D eigenvalue weighted by Crippen LogP contribution is 2.12. The Labute approximate surface area is 104 Å². The summed E-state index contributed by atoms with van der Waals surface area (Å²) >= 11 is 0. The molecule has 0 atom stereocenters. The van der Waals surface area contributed by atoms with Crippen LogP contribution in [0.2, 0.25) is 0 Å². The van der Waals surface area contributed by atoms with Gasteiger partial charge in [-0.3, -0.25) is 0 Å². The fourth-order valence-corrected chi connectivity index (χ4v) is 1.55. The highest BCUT2D eigenvalue weighted by molar-refractivity contribution is 5.94. The molecule has 0 unspecified atom stereocenters. The van der Waals surface area contributed by atoms with Gasteiger partial charge in [0.1, 0.15) is 6.33 Å². The highest BCUT2D eigenvalue weighted by Gasteiger charge is 2.12. The van der Waals surface area contributed by atoms with E-state index in [0.717, 1.165) is 0 Å². The van der Waals surface area contributed by atoms with Gasteiger partial charge < -0.3 is 10.5 Å². The maximum Gasteiger partial charge on any atom is 0.340 e. The van der Waals surface area contributed by atoms with Gasteiger partial charge in [-0.15, -0.1) is 0 Å². The molecule has 1 heterocycles. The molecule has 6 heteroatoms. The minimum atomic E-state index is -0.459. The molecule has 94 valence electrons. The first-order chi connectivity index (χ1) is 8.72. The second-order valence-corrected chi connectivity index (χ2v) is 3.66. The molecule has 2 N–H and O–H groups in total. The summed E-state index contributed by atoms with van der Waals surface area (Å²) in [5.74, 6) is 0.152. The molecule has 1 aromatic heterocycles. The van der Waals surface area contributed by atoms with E-state index in [4.69, 9.17) is 10.5 Å². The molecule has 1 aromatic carbocycles. The number of carbonyl (C=O) groups is 1. The number of carbonyl (C=O) groups excluding carboxylic acids is 1. The van der Waals surface area contributed by atoms with Gasteiger partial charge in [0.15, 0.2) is 12.4 Å². The molecular weight excluding hydrogens is 232 g/mol. The van der Waals surface area contributed by atoms with Crippen molar-refractivity contribution in [2.45, 2.75) is 20.1 Å². The third kappa shape index (κ3) is 2.48.